The molecule has 3 rings (SSSR count). The fraction of sp³-hybridized carbons (Fsp3) is 0.250. The van der Waals surface area contributed by atoms with E-state index in [1.807, 2.05) is 6.07 Å². The molecule has 0 fully saturated rings. The molecule has 2 aromatic rings. The molecule has 0 radical (unpaired) electrons. The zero-order chi connectivity index (χ0) is 13.2. The number of benzene rings is 2. The summed E-state index contributed by atoms with van der Waals surface area (Å²) < 4.78 is 6.94. The SMILES string of the molecule is Oc1ccc(Br)c(COC2Cc3ccccc3C2)c1. The first kappa shape index (κ1) is 12.7. The first-order valence-corrected chi connectivity index (χ1v) is 7.17. The topological polar surface area (TPSA) is 29.5 Å². The van der Waals surface area contributed by atoms with E-state index in [-0.39, 0.29) is 11.9 Å². The Hall–Kier alpha value is -1.32. The van der Waals surface area contributed by atoms with Gasteiger partial charge in [0.25, 0.3) is 0 Å². The molecule has 1 N–H and O–H groups in total. The second kappa shape index (κ2) is 5.35. The van der Waals surface area contributed by atoms with Gasteiger partial charge in [-0.25, -0.2) is 0 Å². The Kier molecular flexibility index (Phi) is 3.58. The Morgan fingerprint density at radius 1 is 1.11 bits per heavy atom. The molecule has 1 aliphatic rings. The summed E-state index contributed by atoms with van der Waals surface area (Å²) in [6.07, 6.45) is 2.20. The van der Waals surface area contributed by atoms with E-state index >= 15 is 0 Å². The normalized spacial score (nSPS) is 14.6. The fourth-order valence-electron chi connectivity index (χ4n) is 2.52. The van der Waals surface area contributed by atoms with Crippen molar-refractivity contribution in [1.29, 1.82) is 0 Å². The molecular weight excluding hydrogens is 304 g/mol. The molecule has 0 amide bonds. The summed E-state index contributed by atoms with van der Waals surface area (Å²) in [5, 5.41) is 9.50. The monoisotopic (exact) mass is 318 g/mol. The van der Waals surface area contributed by atoms with Crippen molar-refractivity contribution in [3.8, 4) is 5.75 Å². The molecule has 3 heteroatoms. The van der Waals surface area contributed by atoms with Crippen molar-refractivity contribution in [2.75, 3.05) is 0 Å². The maximum absolute atomic E-state index is 9.50. The third kappa shape index (κ3) is 2.82. The molecule has 98 valence electrons. The number of fused-ring (bicyclic) bond motifs is 1. The van der Waals surface area contributed by atoms with Crippen molar-refractivity contribution < 1.29 is 9.84 Å². The van der Waals surface area contributed by atoms with Crippen LogP contribution in [0.4, 0.5) is 0 Å². The van der Waals surface area contributed by atoms with Crippen LogP contribution in [-0.4, -0.2) is 11.2 Å². The summed E-state index contributed by atoms with van der Waals surface area (Å²) >= 11 is 3.48. The Balaban J connectivity index is 1.64. The van der Waals surface area contributed by atoms with Crippen LogP contribution in [-0.2, 0) is 24.2 Å². The Bertz CT molecular complexity index is 570. The van der Waals surface area contributed by atoms with E-state index in [4.69, 9.17) is 4.74 Å². The number of halogens is 1. The van der Waals surface area contributed by atoms with Gasteiger partial charge in [-0.05, 0) is 47.7 Å². The standard InChI is InChI=1S/C16H15BrO2/c17-16-6-5-14(18)7-13(16)10-19-15-8-11-3-1-2-4-12(11)9-15/h1-7,15,18H,8-10H2. The van der Waals surface area contributed by atoms with Crippen LogP contribution in [0.25, 0.3) is 0 Å². The molecule has 2 aromatic carbocycles. The summed E-state index contributed by atoms with van der Waals surface area (Å²) in [5.74, 6) is 0.275. The van der Waals surface area contributed by atoms with E-state index in [1.165, 1.54) is 11.1 Å². The molecule has 0 heterocycles. The molecule has 0 saturated heterocycles. The van der Waals surface area contributed by atoms with E-state index in [2.05, 4.69) is 40.2 Å². The highest BCUT2D eigenvalue weighted by molar-refractivity contribution is 9.10. The predicted octanol–water partition coefficient (Wildman–Crippen LogP) is 3.84. The molecular formula is C16H15BrO2. The van der Waals surface area contributed by atoms with Gasteiger partial charge < -0.3 is 9.84 Å². The lowest BCUT2D eigenvalue weighted by Gasteiger charge is -2.12. The summed E-state index contributed by atoms with van der Waals surface area (Å²) in [7, 11) is 0. The van der Waals surface area contributed by atoms with Crippen molar-refractivity contribution in [2.45, 2.75) is 25.6 Å². The van der Waals surface area contributed by atoms with Crippen LogP contribution in [0.5, 0.6) is 5.75 Å². The molecule has 1 aliphatic carbocycles. The minimum absolute atomic E-state index is 0.242. The van der Waals surface area contributed by atoms with Crippen molar-refractivity contribution >= 4 is 15.9 Å². The van der Waals surface area contributed by atoms with E-state index in [9.17, 15) is 5.11 Å². The van der Waals surface area contributed by atoms with E-state index in [1.54, 1.807) is 12.1 Å². The first-order chi connectivity index (χ1) is 9.22. The van der Waals surface area contributed by atoms with Gasteiger partial charge in [-0.3, -0.25) is 0 Å². The molecule has 0 unspecified atom stereocenters. The molecule has 0 bridgehead atoms. The lowest BCUT2D eigenvalue weighted by atomic mass is 10.1. The van der Waals surface area contributed by atoms with Crippen LogP contribution < -0.4 is 0 Å². The lowest BCUT2D eigenvalue weighted by molar-refractivity contribution is 0.0475. The van der Waals surface area contributed by atoms with Gasteiger partial charge >= 0.3 is 0 Å². The van der Waals surface area contributed by atoms with E-state index in [0.29, 0.717) is 6.61 Å². The second-order valence-electron chi connectivity index (χ2n) is 4.89. The Morgan fingerprint density at radius 2 is 1.79 bits per heavy atom. The highest BCUT2D eigenvalue weighted by Gasteiger charge is 2.21. The van der Waals surface area contributed by atoms with Crippen LogP contribution in [0.3, 0.4) is 0 Å². The van der Waals surface area contributed by atoms with Gasteiger partial charge in [-0.2, -0.15) is 0 Å². The van der Waals surface area contributed by atoms with Gasteiger partial charge in [0, 0.05) is 4.47 Å². The number of aromatic hydroxyl groups is 1. The van der Waals surface area contributed by atoms with Gasteiger partial charge in [0.1, 0.15) is 5.75 Å². The smallest absolute Gasteiger partial charge is 0.116 e. The summed E-state index contributed by atoms with van der Waals surface area (Å²) in [6.45, 7) is 0.521. The van der Waals surface area contributed by atoms with Gasteiger partial charge in [-0.15, -0.1) is 0 Å². The van der Waals surface area contributed by atoms with Crippen molar-refractivity contribution in [3.63, 3.8) is 0 Å². The van der Waals surface area contributed by atoms with Crippen LogP contribution >= 0.6 is 15.9 Å². The van der Waals surface area contributed by atoms with E-state index < -0.39 is 0 Å². The fourth-order valence-corrected chi connectivity index (χ4v) is 2.88. The van der Waals surface area contributed by atoms with Crippen LogP contribution in [0.2, 0.25) is 0 Å². The molecule has 2 nitrogen and oxygen atoms in total. The average molecular weight is 319 g/mol. The van der Waals surface area contributed by atoms with Crippen LogP contribution in [0.15, 0.2) is 46.9 Å². The predicted molar refractivity (Wildman–Crippen MR) is 78.2 cm³/mol. The number of hydrogen-bond donors (Lipinski definition) is 1. The molecule has 19 heavy (non-hydrogen) atoms. The minimum Gasteiger partial charge on any atom is -0.508 e. The molecule has 0 spiro atoms. The van der Waals surface area contributed by atoms with Gasteiger partial charge in [-0.1, -0.05) is 40.2 Å². The van der Waals surface area contributed by atoms with Crippen LogP contribution in [0.1, 0.15) is 16.7 Å². The number of ether oxygens (including phenoxy) is 1. The minimum atomic E-state index is 0.242. The molecule has 0 aliphatic heterocycles. The third-order valence-corrected chi connectivity index (χ3v) is 4.29. The Morgan fingerprint density at radius 3 is 2.47 bits per heavy atom. The lowest BCUT2D eigenvalue weighted by Crippen LogP contribution is -2.12. The second-order valence-corrected chi connectivity index (χ2v) is 5.74. The summed E-state index contributed by atoms with van der Waals surface area (Å²) in [5.41, 5.74) is 3.76. The molecule has 0 atom stereocenters. The largest absolute Gasteiger partial charge is 0.508 e. The van der Waals surface area contributed by atoms with Crippen LogP contribution in [0, 0.1) is 0 Å². The van der Waals surface area contributed by atoms with Crippen molar-refractivity contribution in [2.24, 2.45) is 0 Å². The van der Waals surface area contributed by atoms with Gasteiger partial charge in [0.05, 0.1) is 12.7 Å². The quantitative estimate of drug-likeness (QED) is 0.931. The van der Waals surface area contributed by atoms with E-state index in [0.717, 1.165) is 22.9 Å². The zero-order valence-electron chi connectivity index (χ0n) is 10.5. The molecule has 0 saturated carbocycles. The maximum atomic E-state index is 9.50. The van der Waals surface area contributed by atoms with Crippen molar-refractivity contribution in [3.05, 3.63) is 63.6 Å². The number of rotatable bonds is 3. The number of phenols is 1. The zero-order valence-corrected chi connectivity index (χ0v) is 12.1. The van der Waals surface area contributed by atoms with Gasteiger partial charge in [0.2, 0.25) is 0 Å². The first-order valence-electron chi connectivity index (χ1n) is 6.38. The maximum Gasteiger partial charge on any atom is 0.116 e. The average Bonchev–Trinajstić information content (AvgIpc) is 2.82. The third-order valence-electron chi connectivity index (χ3n) is 3.52. The van der Waals surface area contributed by atoms with Crippen molar-refractivity contribution in [1.82, 2.24) is 0 Å². The highest BCUT2D eigenvalue weighted by atomic mass is 79.9. The number of hydrogen-bond acceptors (Lipinski definition) is 2. The highest BCUT2D eigenvalue weighted by Crippen LogP contribution is 2.27. The summed E-state index contributed by atoms with van der Waals surface area (Å²) in [6, 6.07) is 13.7. The summed E-state index contributed by atoms with van der Waals surface area (Å²) in [4.78, 5) is 0. The Labute approximate surface area is 121 Å². The molecule has 0 aromatic heterocycles. The number of phenolic OH excluding ortho intramolecular Hbond substituents is 1. The van der Waals surface area contributed by atoms with Gasteiger partial charge in [0.15, 0.2) is 0 Å².